The summed E-state index contributed by atoms with van der Waals surface area (Å²) in [5.74, 6) is -1.06. The second kappa shape index (κ2) is 6.15. The Balaban J connectivity index is 2.15. The zero-order valence-corrected chi connectivity index (χ0v) is 12.9. The van der Waals surface area contributed by atoms with Gasteiger partial charge in [0.25, 0.3) is 0 Å². The maximum Gasteiger partial charge on any atom is 0.338 e. The predicted octanol–water partition coefficient (Wildman–Crippen LogP) is 4.36. The molecule has 0 fully saturated rings. The summed E-state index contributed by atoms with van der Waals surface area (Å²) in [6, 6.07) is 6.12. The summed E-state index contributed by atoms with van der Waals surface area (Å²) in [5, 5.41) is 15.3. The molecular weight excluding hydrogens is 312 g/mol. The number of aryl methyl sites for hydroxylation is 1. The van der Waals surface area contributed by atoms with E-state index in [2.05, 4.69) is 10.6 Å². The first-order chi connectivity index (χ1) is 9.88. The number of thiophene rings is 1. The minimum Gasteiger partial charge on any atom is -0.478 e. The quantitative estimate of drug-likeness (QED) is 0.784. The Morgan fingerprint density at radius 3 is 2.33 bits per heavy atom. The number of anilines is 2. The van der Waals surface area contributed by atoms with Crippen LogP contribution in [0.3, 0.4) is 0 Å². The van der Waals surface area contributed by atoms with Gasteiger partial charge >= 0.3 is 12.0 Å². The lowest BCUT2D eigenvalue weighted by Gasteiger charge is -2.07. The van der Waals surface area contributed by atoms with E-state index in [1.807, 2.05) is 6.92 Å². The summed E-state index contributed by atoms with van der Waals surface area (Å²) in [4.78, 5) is 24.0. The molecule has 1 aromatic heterocycles. The fourth-order valence-corrected chi connectivity index (χ4v) is 2.94. The molecule has 0 unspecified atom stereocenters. The Labute approximate surface area is 130 Å². The van der Waals surface area contributed by atoms with E-state index < -0.39 is 12.0 Å². The monoisotopic (exact) mass is 324 g/mol. The van der Waals surface area contributed by atoms with Crippen LogP contribution in [0.1, 0.15) is 20.8 Å². The normalized spacial score (nSPS) is 10.2. The van der Waals surface area contributed by atoms with Gasteiger partial charge in [0.05, 0.1) is 5.56 Å². The Morgan fingerprint density at radius 1 is 1.14 bits per heavy atom. The van der Waals surface area contributed by atoms with Crippen molar-refractivity contribution in [2.45, 2.75) is 13.8 Å². The van der Waals surface area contributed by atoms with Gasteiger partial charge < -0.3 is 10.4 Å². The predicted molar refractivity (Wildman–Crippen MR) is 84.8 cm³/mol. The number of benzene rings is 1. The minimum atomic E-state index is -1.06. The van der Waals surface area contributed by atoms with Crippen molar-refractivity contribution < 1.29 is 14.7 Å². The maximum atomic E-state index is 11.9. The van der Waals surface area contributed by atoms with E-state index in [0.29, 0.717) is 21.3 Å². The van der Waals surface area contributed by atoms with Crippen LogP contribution in [0.5, 0.6) is 0 Å². The van der Waals surface area contributed by atoms with Gasteiger partial charge in [0.2, 0.25) is 0 Å². The van der Waals surface area contributed by atoms with Crippen LogP contribution in [0.15, 0.2) is 24.3 Å². The molecule has 0 aliphatic heterocycles. The number of nitrogens with one attached hydrogen (secondary N) is 2. The molecule has 2 rings (SSSR count). The molecule has 0 saturated heterocycles. The van der Waals surface area contributed by atoms with Crippen LogP contribution in [-0.4, -0.2) is 17.1 Å². The largest absolute Gasteiger partial charge is 0.478 e. The molecule has 1 heterocycles. The SMILES string of the molecule is Cc1sc(NC(=O)Nc2ccc(Cl)cc2)c(C(=O)O)c1C. The zero-order chi connectivity index (χ0) is 15.6. The fraction of sp³-hybridized carbons (Fsp3) is 0.143. The molecule has 1 aromatic carbocycles. The van der Waals surface area contributed by atoms with Crippen LogP contribution in [0.2, 0.25) is 5.02 Å². The van der Waals surface area contributed by atoms with Gasteiger partial charge in [-0.2, -0.15) is 0 Å². The standard InChI is InChI=1S/C14H13ClN2O3S/c1-7-8(2)21-12(11(7)13(18)19)17-14(20)16-10-5-3-9(15)4-6-10/h3-6H,1-2H3,(H,18,19)(H2,16,17,20). The van der Waals surface area contributed by atoms with Gasteiger partial charge in [-0.3, -0.25) is 5.32 Å². The molecule has 110 valence electrons. The number of carboxylic acid groups (broad SMARTS) is 1. The van der Waals surface area contributed by atoms with Crippen LogP contribution in [0, 0.1) is 13.8 Å². The number of hydrogen-bond acceptors (Lipinski definition) is 3. The third-order valence-electron chi connectivity index (χ3n) is 2.93. The number of halogens is 1. The zero-order valence-electron chi connectivity index (χ0n) is 11.4. The van der Waals surface area contributed by atoms with E-state index in [-0.39, 0.29) is 5.56 Å². The number of urea groups is 1. The van der Waals surface area contributed by atoms with Gasteiger partial charge in [-0.15, -0.1) is 11.3 Å². The second-order valence-corrected chi connectivity index (χ2v) is 6.04. The summed E-state index contributed by atoms with van der Waals surface area (Å²) in [6.07, 6.45) is 0. The van der Waals surface area contributed by atoms with Crippen molar-refractivity contribution in [3.05, 3.63) is 45.3 Å². The van der Waals surface area contributed by atoms with Crippen molar-refractivity contribution in [1.29, 1.82) is 0 Å². The first kappa shape index (κ1) is 15.3. The third-order valence-corrected chi connectivity index (χ3v) is 4.30. The van der Waals surface area contributed by atoms with Gasteiger partial charge in [0.1, 0.15) is 5.00 Å². The van der Waals surface area contributed by atoms with E-state index in [0.717, 1.165) is 4.88 Å². The Bertz CT molecular complexity index is 695. The second-order valence-electron chi connectivity index (χ2n) is 4.38. The van der Waals surface area contributed by atoms with Crippen molar-refractivity contribution in [3.63, 3.8) is 0 Å². The molecule has 2 aromatic rings. The summed E-state index contributed by atoms with van der Waals surface area (Å²) in [6.45, 7) is 3.53. The van der Waals surface area contributed by atoms with Crippen molar-refractivity contribution >= 4 is 45.6 Å². The number of hydrogen-bond donors (Lipinski definition) is 3. The van der Waals surface area contributed by atoms with Crippen molar-refractivity contribution in [3.8, 4) is 0 Å². The van der Waals surface area contributed by atoms with Gasteiger partial charge in [-0.05, 0) is 43.7 Å². The van der Waals surface area contributed by atoms with Gasteiger partial charge in [-0.25, -0.2) is 9.59 Å². The summed E-state index contributed by atoms with van der Waals surface area (Å²) < 4.78 is 0. The number of rotatable bonds is 3. The highest BCUT2D eigenvalue weighted by Crippen LogP contribution is 2.32. The smallest absolute Gasteiger partial charge is 0.338 e. The van der Waals surface area contributed by atoms with Gasteiger partial charge in [-0.1, -0.05) is 11.6 Å². The molecule has 7 heteroatoms. The lowest BCUT2D eigenvalue weighted by atomic mass is 10.1. The van der Waals surface area contributed by atoms with Crippen molar-refractivity contribution in [1.82, 2.24) is 0 Å². The van der Waals surface area contributed by atoms with Crippen LogP contribution < -0.4 is 10.6 Å². The van der Waals surface area contributed by atoms with Crippen molar-refractivity contribution in [2.75, 3.05) is 10.6 Å². The molecular formula is C14H13ClN2O3S. The average Bonchev–Trinajstić information content (AvgIpc) is 2.67. The molecule has 0 aliphatic carbocycles. The molecule has 5 nitrogen and oxygen atoms in total. The Kier molecular flexibility index (Phi) is 4.50. The average molecular weight is 325 g/mol. The lowest BCUT2D eigenvalue weighted by molar-refractivity contribution is 0.0697. The molecule has 3 N–H and O–H groups in total. The van der Waals surface area contributed by atoms with Crippen LogP contribution in [0.4, 0.5) is 15.5 Å². The van der Waals surface area contributed by atoms with E-state index >= 15 is 0 Å². The third kappa shape index (κ3) is 3.53. The first-order valence-corrected chi connectivity index (χ1v) is 7.24. The van der Waals surface area contributed by atoms with Crippen LogP contribution in [0.25, 0.3) is 0 Å². The molecule has 0 saturated carbocycles. The van der Waals surface area contributed by atoms with Crippen LogP contribution in [-0.2, 0) is 0 Å². The molecule has 0 bridgehead atoms. The van der Waals surface area contributed by atoms with Gasteiger partial charge in [0.15, 0.2) is 0 Å². The minimum absolute atomic E-state index is 0.128. The summed E-state index contributed by atoms with van der Waals surface area (Å²) in [7, 11) is 0. The maximum absolute atomic E-state index is 11.9. The van der Waals surface area contributed by atoms with E-state index in [1.54, 1.807) is 31.2 Å². The highest BCUT2D eigenvalue weighted by Gasteiger charge is 2.20. The number of aromatic carboxylic acids is 1. The number of carbonyl (C=O) groups is 2. The van der Waals surface area contributed by atoms with E-state index in [1.165, 1.54) is 11.3 Å². The number of amides is 2. The highest BCUT2D eigenvalue weighted by atomic mass is 35.5. The summed E-state index contributed by atoms with van der Waals surface area (Å²) in [5.41, 5.74) is 1.36. The van der Waals surface area contributed by atoms with Crippen molar-refractivity contribution in [2.24, 2.45) is 0 Å². The summed E-state index contributed by atoms with van der Waals surface area (Å²) >= 11 is 7.00. The first-order valence-electron chi connectivity index (χ1n) is 6.05. The molecule has 0 atom stereocenters. The molecule has 0 aliphatic rings. The molecule has 2 amide bonds. The molecule has 0 spiro atoms. The number of carbonyl (C=O) groups excluding carboxylic acids is 1. The van der Waals surface area contributed by atoms with Gasteiger partial charge in [0, 0.05) is 15.6 Å². The fourth-order valence-electron chi connectivity index (χ4n) is 1.77. The molecule has 21 heavy (non-hydrogen) atoms. The van der Waals surface area contributed by atoms with E-state index in [9.17, 15) is 14.7 Å². The van der Waals surface area contributed by atoms with E-state index in [4.69, 9.17) is 11.6 Å². The van der Waals surface area contributed by atoms with Crippen LogP contribution >= 0.6 is 22.9 Å². The Hall–Kier alpha value is -2.05. The highest BCUT2D eigenvalue weighted by molar-refractivity contribution is 7.16. The number of carboxylic acids is 1. The molecule has 0 radical (unpaired) electrons. The Morgan fingerprint density at radius 2 is 1.76 bits per heavy atom. The lowest BCUT2D eigenvalue weighted by Crippen LogP contribution is -2.20. The topological polar surface area (TPSA) is 78.4 Å².